The van der Waals surface area contributed by atoms with Crippen molar-refractivity contribution in [3.05, 3.63) is 48.0 Å². The zero-order chi connectivity index (χ0) is 15.9. The van der Waals surface area contributed by atoms with Gasteiger partial charge in [-0.05, 0) is 35.4 Å². The highest BCUT2D eigenvalue weighted by molar-refractivity contribution is 5.83. The molecular weight excluding hydrogens is 278 g/mol. The van der Waals surface area contributed by atoms with E-state index in [1.54, 1.807) is 0 Å². The molecule has 0 aromatic heterocycles. The van der Waals surface area contributed by atoms with E-state index in [4.69, 9.17) is 5.11 Å². The first-order valence-corrected chi connectivity index (χ1v) is 7.71. The summed E-state index contributed by atoms with van der Waals surface area (Å²) in [5.74, 6) is -0.784. The van der Waals surface area contributed by atoms with Crippen LogP contribution in [0.4, 0.5) is 0 Å². The van der Waals surface area contributed by atoms with Gasteiger partial charge in [0, 0.05) is 13.1 Å². The maximum Gasteiger partial charge on any atom is 0.304 e. The van der Waals surface area contributed by atoms with Crippen LogP contribution in [0.2, 0.25) is 0 Å². The molecule has 0 aliphatic heterocycles. The molecular formula is C18H23NO3. The highest BCUT2D eigenvalue weighted by atomic mass is 16.4. The number of hydrogen-bond donors (Lipinski definition) is 2. The Hall–Kier alpha value is -1.91. The Balaban J connectivity index is 1.94. The quantitative estimate of drug-likeness (QED) is 0.786. The van der Waals surface area contributed by atoms with E-state index in [1.807, 2.05) is 43.3 Å². The van der Waals surface area contributed by atoms with E-state index in [1.165, 1.54) is 0 Å². The summed E-state index contributed by atoms with van der Waals surface area (Å²) in [6.45, 7) is 4.01. The number of hydrogen-bond acceptors (Lipinski definition) is 3. The van der Waals surface area contributed by atoms with Crippen LogP contribution < -0.4 is 0 Å². The van der Waals surface area contributed by atoms with E-state index in [9.17, 15) is 9.90 Å². The minimum absolute atomic E-state index is 0.139. The standard InChI is InChI=1S/C18H23NO3/c1-2-19(12-10-18(21)22)11-9-17(20)16-8-7-14-5-3-4-6-15(14)13-16/h3-8,13,17,20H,2,9-12H2,1H3,(H,21,22). The molecule has 1 atom stereocenters. The number of rotatable bonds is 8. The Kier molecular flexibility index (Phi) is 5.92. The number of benzene rings is 2. The van der Waals surface area contributed by atoms with Crippen molar-refractivity contribution in [3.63, 3.8) is 0 Å². The Morgan fingerprint density at radius 2 is 1.86 bits per heavy atom. The van der Waals surface area contributed by atoms with Gasteiger partial charge in [0.25, 0.3) is 0 Å². The molecule has 4 heteroatoms. The van der Waals surface area contributed by atoms with Gasteiger partial charge in [-0.2, -0.15) is 0 Å². The van der Waals surface area contributed by atoms with Gasteiger partial charge in [0.1, 0.15) is 0 Å². The summed E-state index contributed by atoms with van der Waals surface area (Å²) in [5, 5.41) is 21.4. The fourth-order valence-corrected chi connectivity index (χ4v) is 2.57. The monoisotopic (exact) mass is 301 g/mol. The van der Waals surface area contributed by atoms with Gasteiger partial charge < -0.3 is 15.1 Å². The van der Waals surface area contributed by atoms with Crippen molar-refractivity contribution in [1.29, 1.82) is 0 Å². The largest absolute Gasteiger partial charge is 0.481 e. The second kappa shape index (κ2) is 7.92. The van der Waals surface area contributed by atoms with Crippen LogP contribution in [0.5, 0.6) is 0 Å². The smallest absolute Gasteiger partial charge is 0.304 e. The molecule has 1 unspecified atom stereocenters. The molecule has 2 N–H and O–H groups in total. The summed E-state index contributed by atoms with van der Waals surface area (Å²) < 4.78 is 0. The summed E-state index contributed by atoms with van der Waals surface area (Å²) in [4.78, 5) is 12.7. The van der Waals surface area contributed by atoms with Crippen LogP contribution in [0.1, 0.15) is 31.4 Å². The minimum atomic E-state index is -0.784. The molecule has 0 spiro atoms. The summed E-state index contributed by atoms with van der Waals surface area (Å²) >= 11 is 0. The number of carboxylic acid groups (broad SMARTS) is 1. The molecule has 0 aliphatic carbocycles. The van der Waals surface area contributed by atoms with Crippen LogP contribution in [0.25, 0.3) is 10.8 Å². The zero-order valence-corrected chi connectivity index (χ0v) is 12.9. The molecule has 4 nitrogen and oxygen atoms in total. The number of aliphatic hydroxyl groups excluding tert-OH is 1. The number of aliphatic carboxylic acids is 1. The van der Waals surface area contributed by atoms with Gasteiger partial charge >= 0.3 is 5.97 Å². The molecule has 2 aromatic carbocycles. The summed E-state index contributed by atoms with van der Waals surface area (Å²) in [6.07, 6.45) is 0.217. The molecule has 118 valence electrons. The number of carboxylic acids is 1. The van der Waals surface area contributed by atoms with Crippen LogP contribution in [0.3, 0.4) is 0 Å². The third kappa shape index (κ3) is 4.55. The Morgan fingerprint density at radius 3 is 2.55 bits per heavy atom. The van der Waals surface area contributed by atoms with Crippen LogP contribution in [0, 0.1) is 0 Å². The molecule has 2 aromatic rings. The fraction of sp³-hybridized carbons (Fsp3) is 0.389. The second-order valence-corrected chi connectivity index (χ2v) is 5.49. The van der Waals surface area contributed by atoms with E-state index in [0.717, 1.165) is 22.9 Å². The van der Waals surface area contributed by atoms with Crippen molar-refractivity contribution in [2.45, 2.75) is 25.9 Å². The van der Waals surface area contributed by atoms with Gasteiger partial charge in [0.05, 0.1) is 12.5 Å². The van der Waals surface area contributed by atoms with Crippen LogP contribution >= 0.6 is 0 Å². The normalized spacial score (nSPS) is 12.7. The summed E-state index contributed by atoms with van der Waals surface area (Å²) in [7, 11) is 0. The van der Waals surface area contributed by atoms with E-state index in [2.05, 4.69) is 11.0 Å². The predicted molar refractivity (Wildman–Crippen MR) is 87.9 cm³/mol. The molecule has 22 heavy (non-hydrogen) atoms. The highest BCUT2D eigenvalue weighted by Crippen LogP contribution is 2.22. The van der Waals surface area contributed by atoms with Gasteiger partial charge in [0.15, 0.2) is 0 Å². The molecule has 0 fully saturated rings. The first-order valence-electron chi connectivity index (χ1n) is 7.71. The average Bonchev–Trinajstić information content (AvgIpc) is 2.54. The van der Waals surface area contributed by atoms with Gasteiger partial charge in [-0.25, -0.2) is 0 Å². The van der Waals surface area contributed by atoms with Crippen molar-refractivity contribution in [2.24, 2.45) is 0 Å². The topological polar surface area (TPSA) is 60.8 Å². The first kappa shape index (κ1) is 16.5. The van der Waals surface area contributed by atoms with Crippen LogP contribution in [-0.2, 0) is 4.79 Å². The number of fused-ring (bicyclic) bond motifs is 1. The molecule has 0 saturated heterocycles. The van der Waals surface area contributed by atoms with Crippen molar-refractivity contribution in [2.75, 3.05) is 19.6 Å². The second-order valence-electron chi connectivity index (χ2n) is 5.49. The lowest BCUT2D eigenvalue weighted by Gasteiger charge is -2.21. The van der Waals surface area contributed by atoms with E-state index in [-0.39, 0.29) is 6.42 Å². The fourth-order valence-electron chi connectivity index (χ4n) is 2.57. The Labute approximate surface area is 131 Å². The maximum atomic E-state index is 10.6. The molecule has 0 aliphatic rings. The van der Waals surface area contributed by atoms with Crippen molar-refractivity contribution in [1.82, 2.24) is 4.90 Å². The van der Waals surface area contributed by atoms with Crippen molar-refractivity contribution >= 4 is 16.7 Å². The van der Waals surface area contributed by atoms with Crippen molar-refractivity contribution < 1.29 is 15.0 Å². The van der Waals surface area contributed by atoms with Gasteiger partial charge in [0.2, 0.25) is 0 Å². The molecule has 0 radical (unpaired) electrons. The van der Waals surface area contributed by atoms with Crippen LogP contribution in [-0.4, -0.2) is 40.7 Å². The number of aliphatic hydroxyl groups is 1. The Bertz CT molecular complexity index is 627. The maximum absolute atomic E-state index is 10.6. The first-order chi connectivity index (χ1) is 10.6. The third-order valence-electron chi connectivity index (χ3n) is 3.97. The van der Waals surface area contributed by atoms with Gasteiger partial charge in [-0.15, -0.1) is 0 Å². The SMILES string of the molecule is CCN(CCC(=O)O)CCC(O)c1ccc2ccccc2c1. The molecule has 0 amide bonds. The minimum Gasteiger partial charge on any atom is -0.481 e. The third-order valence-corrected chi connectivity index (χ3v) is 3.97. The van der Waals surface area contributed by atoms with E-state index in [0.29, 0.717) is 19.5 Å². The Morgan fingerprint density at radius 1 is 1.14 bits per heavy atom. The lowest BCUT2D eigenvalue weighted by Crippen LogP contribution is -2.28. The lowest BCUT2D eigenvalue weighted by molar-refractivity contribution is -0.137. The van der Waals surface area contributed by atoms with Gasteiger partial charge in [-0.1, -0.05) is 43.3 Å². The lowest BCUT2D eigenvalue weighted by atomic mass is 10.0. The van der Waals surface area contributed by atoms with E-state index < -0.39 is 12.1 Å². The molecule has 0 bridgehead atoms. The zero-order valence-electron chi connectivity index (χ0n) is 12.9. The average molecular weight is 301 g/mol. The van der Waals surface area contributed by atoms with Gasteiger partial charge in [-0.3, -0.25) is 4.79 Å². The number of carbonyl (C=O) groups is 1. The van der Waals surface area contributed by atoms with Crippen molar-refractivity contribution in [3.8, 4) is 0 Å². The summed E-state index contributed by atoms with van der Waals surface area (Å²) in [5.41, 5.74) is 0.910. The predicted octanol–water partition coefficient (Wildman–Crippen LogP) is 3.06. The molecule has 2 rings (SSSR count). The highest BCUT2D eigenvalue weighted by Gasteiger charge is 2.11. The molecule has 0 saturated carbocycles. The van der Waals surface area contributed by atoms with E-state index >= 15 is 0 Å². The summed E-state index contributed by atoms with van der Waals surface area (Å²) in [6, 6.07) is 14.1. The van der Waals surface area contributed by atoms with Crippen LogP contribution in [0.15, 0.2) is 42.5 Å². The number of nitrogens with zero attached hydrogens (tertiary/aromatic N) is 1. The molecule has 0 heterocycles.